The highest BCUT2D eigenvalue weighted by atomic mass is 19.1. The molecule has 3 atom stereocenters. The lowest BCUT2D eigenvalue weighted by Gasteiger charge is -2.37. The van der Waals surface area contributed by atoms with E-state index in [0.29, 0.717) is 17.6 Å². The van der Waals surface area contributed by atoms with Crippen LogP contribution < -0.4 is 0 Å². The first-order chi connectivity index (χ1) is 10.7. The molecule has 0 bridgehead atoms. The van der Waals surface area contributed by atoms with Crippen LogP contribution in [0.25, 0.3) is 0 Å². The first-order valence-corrected chi connectivity index (χ1v) is 9.62. The minimum absolute atomic E-state index is 0.265. The highest BCUT2D eigenvalue weighted by molar-refractivity contribution is 5.83. The van der Waals surface area contributed by atoms with Crippen molar-refractivity contribution >= 4 is 5.78 Å². The van der Waals surface area contributed by atoms with E-state index in [1.165, 1.54) is 25.7 Å². The quantitative estimate of drug-likeness (QED) is 0.768. The lowest BCUT2D eigenvalue weighted by molar-refractivity contribution is -0.129. The molecule has 0 radical (unpaired) electrons. The van der Waals surface area contributed by atoms with Crippen molar-refractivity contribution in [2.75, 3.05) is 19.6 Å². The molecule has 0 N–H and O–H groups in total. The fourth-order valence-corrected chi connectivity index (χ4v) is 4.93. The number of carbonyl (C=O) groups excluding carboxylic acids is 1. The van der Waals surface area contributed by atoms with Crippen LogP contribution in [0.15, 0.2) is 0 Å². The molecule has 22 heavy (non-hydrogen) atoms. The van der Waals surface area contributed by atoms with Gasteiger partial charge in [0.05, 0.1) is 0 Å². The average Bonchev–Trinajstić information content (AvgIpc) is 2.55. The van der Waals surface area contributed by atoms with Crippen LogP contribution in [0.2, 0.25) is 0 Å². The molecule has 126 valence electrons. The molecule has 1 heterocycles. The molecule has 2 aliphatic carbocycles. The summed E-state index contributed by atoms with van der Waals surface area (Å²) < 4.78 is 13.6. The van der Waals surface area contributed by atoms with Crippen molar-refractivity contribution in [3.8, 4) is 0 Å². The molecule has 0 aromatic heterocycles. The Morgan fingerprint density at radius 2 is 1.68 bits per heavy atom. The van der Waals surface area contributed by atoms with Gasteiger partial charge in [-0.3, -0.25) is 4.79 Å². The van der Waals surface area contributed by atoms with Crippen LogP contribution in [0, 0.1) is 17.8 Å². The van der Waals surface area contributed by atoms with Crippen LogP contribution in [0.3, 0.4) is 0 Å². The van der Waals surface area contributed by atoms with Crippen LogP contribution in [0.5, 0.6) is 0 Å². The zero-order valence-corrected chi connectivity index (χ0v) is 13.9. The van der Waals surface area contributed by atoms with E-state index in [4.69, 9.17) is 0 Å². The molecule has 1 aliphatic heterocycles. The van der Waals surface area contributed by atoms with Crippen molar-refractivity contribution in [3.63, 3.8) is 0 Å². The van der Waals surface area contributed by atoms with Gasteiger partial charge in [0, 0.05) is 24.9 Å². The molecule has 0 aromatic carbocycles. The van der Waals surface area contributed by atoms with Crippen molar-refractivity contribution in [3.05, 3.63) is 0 Å². The molecule has 0 aromatic rings. The number of alkyl halides is 1. The van der Waals surface area contributed by atoms with Crippen molar-refractivity contribution in [2.24, 2.45) is 17.8 Å². The predicted molar refractivity (Wildman–Crippen MR) is 87.6 cm³/mol. The number of rotatable bonds is 4. The largest absolute Gasteiger partial charge is 0.302 e. The smallest absolute Gasteiger partial charge is 0.140 e. The van der Waals surface area contributed by atoms with Gasteiger partial charge in [-0.15, -0.1) is 0 Å². The monoisotopic (exact) mass is 309 g/mol. The maximum Gasteiger partial charge on any atom is 0.140 e. The molecule has 3 unspecified atom stereocenters. The fraction of sp³-hybridized carbons (Fsp3) is 0.947. The highest BCUT2D eigenvalue weighted by Crippen LogP contribution is 2.31. The Kier molecular flexibility index (Phi) is 5.89. The van der Waals surface area contributed by atoms with Crippen molar-refractivity contribution in [1.82, 2.24) is 4.90 Å². The van der Waals surface area contributed by atoms with Gasteiger partial charge in [-0.05, 0) is 57.4 Å². The van der Waals surface area contributed by atoms with Crippen LogP contribution in [-0.4, -0.2) is 36.5 Å². The fourth-order valence-electron chi connectivity index (χ4n) is 4.93. The predicted octanol–water partition coefficient (Wildman–Crippen LogP) is 4.38. The normalized spacial score (nSPS) is 35.4. The number of likely N-dealkylation sites (tertiary alicyclic amines) is 1. The molecular weight excluding hydrogens is 277 g/mol. The third-order valence-corrected chi connectivity index (χ3v) is 6.15. The van der Waals surface area contributed by atoms with E-state index < -0.39 is 6.17 Å². The summed E-state index contributed by atoms with van der Waals surface area (Å²) in [5, 5.41) is 0. The summed E-state index contributed by atoms with van der Waals surface area (Å²) in [7, 11) is 0. The van der Waals surface area contributed by atoms with Crippen molar-refractivity contribution in [2.45, 2.75) is 76.8 Å². The van der Waals surface area contributed by atoms with Gasteiger partial charge in [-0.1, -0.05) is 25.7 Å². The minimum Gasteiger partial charge on any atom is -0.302 e. The van der Waals surface area contributed by atoms with Gasteiger partial charge < -0.3 is 4.90 Å². The van der Waals surface area contributed by atoms with Gasteiger partial charge in [0.25, 0.3) is 0 Å². The molecular formula is C19H32FNO. The topological polar surface area (TPSA) is 20.3 Å². The summed E-state index contributed by atoms with van der Waals surface area (Å²) in [5.74, 6) is 1.69. The van der Waals surface area contributed by atoms with E-state index in [0.717, 1.165) is 64.6 Å². The maximum absolute atomic E-state index is 13.6. The van der Waals surface area contributed by atoms with Crippen molar-refractivity contribution in [1.29, 1.82) is 0 Å². The Morgan fingerprint density at radius 1 is 0.909 bits per heavy atom. The third-order valence-electron chi connectivity index (χ3n) is 6.15. The van der Waals surface area contributed by atoms with Gasteiger partial charge in [-0.25, -0.2) is 4.39 Å². The van der Waals surface area contributed by atoms with Gasteiger partial charge in [-0.2, -0.15) is 0 Å². The van der Waals surface area contributed by atoms with E-state index in [1.807, 2.05) is 0 Å². The Hall–Kier alpha value is -0.440. The Balaban J connectivity index is 1.49. The molecule has 3 aliphatic rings. The van der Waals surface area contributed by atoms with Crippen LogP contribution in [0.1, 0.15) is 70.6 Å². The molecule has 3 rings (SSSR count). The summed E-state index contributed by atoms with van der Waals surface area (Å²) >= 11 is 0. The second kappa shape index (κ2) is 7.90. The van der Waals surface area contributed by atoms with E-state index in [-0.39, 0.29) is 5.92 Å². The van der Waals surface area contributed by atoms with Gasteiger partial charge in [0.2, 0.25) is 0 Å². The lowest BCUT2D eigenvalue weighted by Crippen LogP contribution is -2.43. The number of hydrogen-bond donors (Lipinski definition) is 0. The number of hydrogen-bond acceptors (Lipinski definition) is 2. The Labute approximate surface area is 134 Å². The van der Waals surface area contributed by atoms with Gasteiger partial charge >= 0.3 is 0 Å². The molecule has 0 spiro atoms. The number of carbonyl (C=O) groups is 1. The molecule has 1 saturated heterocycles. The lowest BCUT2D eigenvalue weighted by atomic mass is 9.79. The van der Waals surface area contributed by atoms with E-state index in [1.54, 1.807) is 0 Å². The number of Topliss-reactive ketones (excluding diaryl/α,β-unsaturated/α-hetero) is 1. The molecule has 3 heteroatoms. The molecule has 3 fully saturated rings. The molecule has 2 saturated carbocycles. The third kappa shape index (κ3) is 4.31. The molecule has 0 amide bonds. The summed E-state index contributed by atoms with van der Waals surface area (Å²) in [4.78, 5) is 15.2. The summed E-state index contributed by atoms with van der Waals surface area (Å²) in [6, 6.07) is 0. The first-order valence-electron chi connectivity index (χ1n) is 9.62. The zero-order chi connectivity index (χ0) is 15.4. The van der Waals surface area contributed by atoms with Gasteiger partial charge in [0.1, 0.15) is 12.0 Å². The van der Waals surface area contributed by atoms with E-state index >= 15 is 0 Å². The second-order valence-corrected chi connectivity index (χ2v) is 7.97. The van der Waals surface area contributed by atoms with Crippen LogP contribution in [0.4, 0.5) is 4.39 Å². The number of ketones is 1. The van der Waals surface area contributed by atoms with Crippen LogP contribution >= 0.6 is 0 Å². The number of piperidine rings is 1. The number of halogens is 1. The molecule has 2 nitrogen and oxygen atoms in total. The zero-order valence-electron chi connectivity index (χ0n) is 13.9. The standard InChI is InChI=1S/C19H32FNO/c20-18-10-4-6-15(12-18)13-21-11-5-9-17(14-21)19(22)16-7-2-1-3-8-16/h15-18H,1-14H2. The Bertz CT molecular complexity index is 366. The first kappa shape index (κ1) is 16.4. The number of nitrogens with zero attached hydrogens (tertiary/aromatic N) is 1. The second-order valence-electron chi connectivity index (χ2n) is 7.97. The maximum atomic E-state index is 13.6. The minimum atomic E-state index is -0.580. The van der Waals surface area contributed by atoms with E-state index in [9.17, 15) is 9.18 Å². The summed E-state index contributed by atoms with van der Waals surface area (Å²) in [6.07, 6.45) is 11.4. The average molecular weight is 309 g/mol. The van der Waals surface area contributed by atoms with E-state index in [2.05, 4.69) is 4.90 Å². The Morgan fingerprint density at radius 3 is 2.45 bits per heavy atom. The van der Waals surface area contributed by atoms with Crippen molar-refractivity contribution < 1.29 is 9.18 Å². The summed E-state index contributed by atoms with van der Waals surface area (Å²) in [5.41, 5.74) is 0. The highest BCUT2D eigenvalue weighted by Gasteiger charge is 2.32. The van der Waals surface area contributed by atoms with Crippen LogP contribution in [-0.2, 0) is 4.79 Å². The van der Waals surface area contributed by atoms with Gasteiger partial charge in [0.15, 0.2) is 0 Å². The summed E-state index contributed by atoms with van der Waals surface area (Å²) in [6.45, 7) is 3.08. The SMILES string of the molecule is O=C(C1CCCCC1)C1CCCN(CC2CCCC(F)C2)C1.